The summed E-state index contributed by atoms with van der Waals surface area (Å²) in [6, 6.07) is 8.44. The lowest BCUT2D eigenvalue weighted by molar-refractivity contribution is -0.141. The zero-order valence-electron chi connectivity index (χ0n) is 12.4. The number of halogens is 3. The molecule has 0 aliphatic heterocycles. The van der Waals surface area contributed by atoms with Gasteiger partial charge in [0.15, 0.2) is 0 Å². The number of nitrogens with zero attached hydrogens (tertiary/aromatic N) is 5. The molecule has 0 fully saturated rings. The Kier molecular flexibility index (Phi) is 4.41. The molecule has 6 nitrogen and oxygen atoms in total. The molecule has 124 valence electrons. The molecule has 0 bridgehead atoms. The smallest absolute Gasteiger partial charge is 0.350 e. The van der Waals surface area contributed by atoms with Gasteiger partial charge in [-0.15, -0.1) is 0 Å². The van der Waals surface area contributed by atoms with Crippen molar-refractivity contribution in [1.29, 1.82) is 0 Å². The van der Waals surface area contributed by atoms with Crippen LogP contribution in [0.25, 0.3) is 0 Å². The molecule has 2 aromatic heterocycles. The van der Waals surface area contributed by atoms with Crippen molar-refractivity contribution in [1.82, 2.24) is 24.7 Å². The molecule has 0 radical (unpaired) electrons. The van der Waals surface area contributed by atoms with Gasteiger partial charge in [0.05, 0.1) is 6.54 Å². The van der Waals surface area contributed by atoms with Crippen LogP contribution in [0.5, 0.6) is 0 Å². The van der Waals surface area contributed by atoms with E-state index < -0.39 is 11.9 Å². The van der Waals surface area contributed by atoms with E-state index in [0.717, 1.165) is 23.4 Å². The molecule has 9 heteroatoms. The third-order valence-corrected chi connectivity index (χ3v) is 3.20. The van der Waals surface area contributed by atoms with E-state index >= 15 is 0 Å². The van der Waals surface area contributed by atoms with Gasteiger partial charge in [-0.3, -0.25) is 0 Å². The minimum atomic E-state index is -4.49. The summed E-state index contributed by atoms with van der Waals surface area (Å²) in [6.07, 6.45) is -0.339. The average Bonchev–Trinajstić information content (AvgIpc) is 3.06. The highest BCUT2D eigenvalue weighted by Gasteiger charge is 2.32. The zero-order chi connectivity index (χ0) is 17.0. The average molecular weight is 334 g/mol. The van der Waals surface area contributed by atoms with Crippen LogP contribution in [0.2, 0.25) is 0 Å². The zero-order valence-corrected chi connectivity index (χ0v) is 12.4. The lowest BCUT2D eigenvalue weighted by Gasteiger charge is -2.09. The maximum atomic E-state index is 12.6. The number of alkyl halides is 3. The number of hydrogen-bond donors (Lipinski definition) is 1. The summed E-state index contributed by atoms with van der Waals surface area (Å²) in [5.74, 6) is -0.0634. The third-order valence-electron chi connectivity index (χ3n) is 3.20. The minimum Gasteiger partial charge on any atom is -0.350 e. The van der Waals surface area contributed by atoms with Crippen LogP contribution >= 0.6 is 0 Å². The Hall–Kier alpha value is -2.97. The summed E-state index contributed by atoms with van der Waals surface area (Å²) in [7, 11) is 0. The van der Waals surface area contributed by atoms with Crippen molar-refractivity contribution in [2.45, 2.75) is 19.3 Å². The molecular weight excluding hydrogens is 321 g/mol. The van der Waals surface area contributed by atoms with Crippen LogP contribution in [0.15, 0.2) is 49.2 Å². The first-order valence-electron chi connectivity index (χ1n) is 7.05. The fourth-order valence-corrected chi connectivity index (χ4v) is 2.12. The molecule has 3 aromatic rings. The minimum absolute atomic E-state index is 0.0634. The van der Waals surface area contributed by atoms with Crippen molar-refractivity contribution in [3.63, 3.8) is 0 Å². The first-order chi connectivity index (χ1) is 11.5. The van der Waals surface area contributed by atoms with Gasteiger partial charge < -0.3 is 5.32 Å². The molecule has 0 saturated carbocycles. The summed E-state index contributed by atoms with van der Waals surface area (Å²) in [4.78, 5) is 11.2. The van der Waals surface area contributed by atoms with Crippen LogP contribution in [0.1, 0.15) is 16.8 Å². The quantitative estimate of drug-likeness (QED) is 0.777. The number of benzene rings is 1. The van der Waals surface area contributed by atoms with E-state index in [0.29, 0.717) is 13.1 Å². The fraction of sp³-hybridized carbons (Fsp3) is 0.200. The van der Waals surface area contributed by atoms with Gasteiger partial charge in [0.1, 0.15) is 18.3 Å². The van der Waals surface area contributed by atoms with Gasteiger partial charge in [0, 0.05) is 12.7 Å². The van der Waals surface area contributed by atoms with Crippen LogP contribution in [0.3, 0.4) is 0 Å². The largest absolute Gasteiger partial charge is 0.433 e. The van der Waals surface area contributed by atoms with Gasteiger partial charge in [-0.25, -0.2) is 19.6 Å². The van der Waals surface area contributed by atoms with E-state index in [1.54, 1.807) is 11.0 Å². The topological polar surface area (TPSA) is 68.5 Å². The van der Waals surface area contributed by atoms with Crippen molar-refractivity contribution >= 4 is 5.95 Å². The lowest BCUT2D eigenvalue weighted by atomic mass is 10.1. The van der Waals surface area contributed by atoms with Gasteiger partial charge in [0.2, 0.25) is 5.95 Å². The number of anilines is 1. The van der Waals surface area contributed by atoms with Gasteiger partial charge in [0.25, 0.3) is 0 Å². The second kappa shape index (κ2) is 6.65. The van der Waals surface area contributed by atoms with Crippen LogP contribution < -0.4 is 5.32 Å². The van der Waals surface area contributed by atoms with E-state index in [1.807, 2.05) is 24.3 Å². The Labute approximate surface area is 135 Å². The highest BCUT2D eigenvalue weighted by Crippen LogP contribution is 2.27. The Morgan fingerprint density at radius 3 is 2.71 bits per heavy atom. The fourth-order valence-electron chi connectivity index (χ4n) is 2.12. The number of rotatable bonds is 5. The molecule has 3 rings (SSSR count). The maximum Gasteiger partial charge on any atom is 0.433 e. The summed E-state index contributed by atoms with van der Waals surface area (Å²) in [5.41, 5.74) is 0.929. The molecule has 0 unspecified atom stereocenters. The molecular formula is C15H13F3N6. The second-order valence-electron chi connectivity index (χ2n) is 5.03. The molecule has 0 atom stereocenters. The molecule has 1 N–H and O–H groups in total. The molecule has 0 aliphatic rings. The molecule has 1 aromatic carbocycles. The first-order valence-corrected chi connectivity index (χ1v) is 7.05. The van der Waals surface area contributed by atoms with Crippen LogP contribution in [-0.4, -0.2) is 24.7 Å². The van der Waals surface area contributed by atoms with Crippen molar-refractivity contribution in [3.05, 3.63) is 66.0 Å². The second-order valence-corrected chi connectivity index (χ2v) is 5.03. The Morgan fingerprint density at radius 2 is 1.96 bits per heavy atom. The summed E-state index contributed by atoms with van der Waals surface area (Å²) >= 11 is 0. The normalized spacial score (nSPS) is 11.5. The standard InChI is InChI=1S/C15H13F3N6/c16-15(17,18)13-4-5-20-14(23-13)21-7-11-2-1-3-12(6-11)8-24-10-19-9-22-24/h1-6,9-10H,7-8H2,(H,20,21,23). The summed E-state index contributed by atoms with van der Waals surface area (Å²) < 4.78 is 39.6. The van der Waals surface area contributed by atoms with E-state index in [2.05, 4.69) is 25.4 Å². The van der Waals surface area contributed by atoms with E-state index in [1.165, 1.54) is 6.33 Å². The van der Waals surface area contributed by atoms with Crippen molar-refractivity contribution in [2.75, 3.05) is 5.32 Å². The van der Waals surface area contributed by atoms with Crippen molar-refractivity contribution < 1.29 is 13.2 Å². The van der Waals surface area contributed by atoms with Gasteiger partial charge >= 0.3 is 6.18 Å². The van der Waals surface area contributed by atoms with E-state index in [9.17, 15) is 13.2 Å². The van der Waals surface area contributed by atoms with Gasteiger partial charge in [-0.1, -0.05) is 24.3 Å². The van der Waals surface area contributed by atoms with Crippen molar-refractivity contribution in [3.8, 4) is 0 Å². The highest BCUT2D eigenvalue weighted by atomic mass is 19.4. The van der Waals surface area contributed by atoms with Crippen molar-refractivity contribution in [2.24, 2.45) is 0 Å². The number of nitrogens with one attached hydrogen (secondary N) is 1. The summed E-state index contributed by atoms with van der Waals surface area (Å²) in [6.45, 7) is 0.875. The number of hydrogen-bond acceptors (Lipinski definition) is 5. The third kappa shape index (κ3) is 4.06. The molecule has 24 heavy (non-hydrogen) atoms. The Morgan fingerprint density at radius 1 is 1.12 bits per heavy atom. The monoisotopic (exact) mass is 334 g/mol. The van der Waals surface area contributed by atoms with Crippen LogP contribution in [-0.2, 0) is 19.3 Å². The molecule has 0 saturated heterocycles. The molecule has 2 heterocycles. The van der Waals surface area contributed by atoms with E-state index in [4.69, 9.17) is 0 Å². The number of aromatic nitrogens is 5. The Bertz CT molecular complexity index is 801. The predicted molar refractivity (Wildman–Crippen MR) is 79.9 cm³/mol. The first kappa shape index (κ1) is 15.9. The predicted octanol–water partition coefficient (Wildman–Crippen LogP) is 2.75. The SMILES string of the molecule is FC(F)(F)c1ccnc(NCc2cccc(Cn3cncn3)c2)n1. The Balaban J connectivity index is 1.66. The van der Waals surface area contributed by atoms with Gasteiger partial charge in [-0.05, 0) is 17.2 Å². The maximum absolute atomic E-state index is 12.6. The van der Waals surface area contributed by atoms with Crippen LogP contribution in [0, 0.1) is 0 Å². The van der Waals surface area contributed by atoms with E-state index in [-0.39, 0.29) is 5.95 Å². The van der Waals surface area contributed by atoms with Gasteiger partial charge in [-0.2, -0.15) is 18.3 Å². The molecule has 0 amide bonds. The lowest BCUT2D eigenvalue weighted by Crippen LogP contribution is -2.11. The highest BCUT2D eigenvalue weighted by molar-refractivity contribution is 5.30. The summed E-state index contributed by atoms with van der Waals surface area (Å²) in [5, 5.41) is 6.83. The molecule has 0 aliphatic carbocycles. The van der Waals surface area contributed by atoms with Crippen LogP contribution in [0.4, 0.5) is 19.1 Å². The molecule has 0 spiro atoms.